The van der Waals surface area contributed by atoms with E-state index in [-0.39, 0.29) is 12.3 Å². The molecule has 0 spiro atoms. The van der Waals surface area contributed by atoms with Crippen molar-refractivity contribution < 1.29 is 19.4 Å². The number of benzene rings is 1. The van der Waals surface area contributed by atoms with E-state index < -0.39 is 17.6 Å². The fraction of sp³-hybridized carbons (Fsp3) is 0.467. The predicted octanol–water partition coefficient (Wildman–Crippen LogP) is 1.84. The van der Waals surface area contributed by atoms with Gasteiger partial charge in [0.1, 0.15) is 6.04 Å². The number of nitrogens with zero attached hydrogens (tertiary/aromatic N) is 1. The van der Waals surface area contributed by atoms with E-state index in [9.17, 15) is 14.7 Å². The first kappa shape index (κ1) is 14.5. The van der Waals surface area contributed by atoms with Gasteiger partial charge in [0.25, 0.3) is 0 Å². The van der Waals surface area contributed by atoms with E-state index in [4.69, 9.17) is 4.74 Å². The monoisotopic (exact) mass is 277 g/mol. The second-order valence-corrected chi connectivity index (χ2v) is 5.59. The Morgan fingerprint density at radius 2 is 2.05 bits per heavy atom. The van der Waals surface area contributed by atoms with Gasteiger partial charge in [-0.1, -0.05) is 18.2 Å². The van der Waals surface area contributed by atoms with Crippen molar-refractivity contribution >= 4 is 17.6 Å². The Morgan fingerprint density at radius 1 is 1.40 bits per heavy atom. The van der Waals surface area contributed by atoms with Crippen molar-refractivity contribution in [3.8, 4) is 0 Å². The number of para-hydroxylation sites is 1. The third kappa shape index (κ3) is 2.67. The molecular weight excluding hydrogens is 258 g/mol. The number of hydrogen-bond acceptors (Lipinski definition) is 3. The molecule has 5 nitrogen and oxygen atoms in total. The van der Waals surface area contributed by atoms with Gasteiger partial charge in [-0.25, -0.2) is 4.79 Å². The molecule has 0 fully saturated rings. The molecule has 1 aromatic carbocycles. The largest absolute Gasteiger partial charge is 0.480 e. The minimum Gasteiger partial charge on any atom is -0.480 e. The van der Waals surface area contributed by atoms with Gasteiger partial charge in [0.2, 0.25) is 5.91 Å². The predicted molar refractivity (Wildman–Crippen MR) is 74.8 cm³/mol. The zero-order chi connectivity index (χ0) is 14.9. The van der Waals surface area contributed by atoms with E-state index in [0.29, 0.717) is 12.1 Å². The molecule has 20 heavy (non-hydrogen) atoms. The summed E-state index contributed by atoms with van der Waals surface area (Å²) in [5, 5.41) is 9.34. The number of carboxylic acids is 1. The third-order valence-corrected chi connectivity index (χ3v) is 3.66. The van der Waals surface area contributed by atoms with Gasteiger partial charge in [-0.3, -0.25) is 9.69 Å². The first-order valence-corrected chi connectivity index (χ1v) is 6.53. The average molecular weight is 277 g/mol. The van der Waals surface area contributed by atoms with Crippen LogP contribution in [0.15, 0.2) is 24.3 Å². The number of carbonyl (C=O) groups excluding carboxylic acids is 1. The number of hydrogen-bond donors (Lipinski definition) is 1. The highest BCUT2D eigenvalue weighted by Crippen LogP contribution is 2.33. The van der Waals surface area contributed by atoms with Gasteiger partial charge in [-0.2, -0.15) is 0 Å². The topological polar surface area (TPSA) is 66.8 Å². The van der Waals surface area contributed by atoms with Gasteiger partial charge in [-0.05, 0) is 25.5 Å². The molecule has 1 aromatic rings. The minimum absolute atomic E-state index is 0.140. The van der Waals surface area contributed by atoms with Crippen LogP contribution in [0.25, 0.3) is 0 Å². The molecular formula is C15H19NO4. The standard InChI is InChI=1S/C15H19NO4/c1-15(2,20-3)9-13(17)16-11-7-5-4-6-10(11)8-12(16)14(18)19/h4-7,12H,8-9H2,1-3H3,(H,18,19). The molecule has 1 N–H and O–H groups in total. The van der Waals surface area contributed by atoms with Crippen molar-refractivity contribution in [2.24, 2.45) is 0 Å². The minimum atomic E-state index is -0.982. The molecule has 0 aliphatic carbocycles. The number of ether oxygens (including phenoxy) is 1. The van der Waals surface area contributed by atoms with Gasteiger partial charge in [-0.15, -0.1) is 0 Å². The summed E-state index contributed by atoms with van der Waals surface area (Å²) in [6.45, 7) is 3.62. The Kier molecular flexibility index (Phi) is 3.81. The molecule has 0 bridgehead atoms. The molecule has 1 unspecified atom stereocenters. The highest BCUT2D eigenvalue weighted by Gasteiger charge is 2.39. The second-order valence-electron chi connectivity index (χ2n) is 5.59. The average Bonchev–Trinajstić information content (AvgIpc) is 2.77. The fourth-order valence-electron chi connectivity index (χ4n) is 2.41. The second kappa shape index (κ2) is 5.25. The highest BCUT2D eigenvalue weighted by atomic mass is 16.5. The number of methoxy groups -OCH3 is 1. The molecule has 0 saturated carbocycles. The van der Waals surface area contributed by atoms with Crippen LogP contribution in [-0.4, -0.2) is 35.7 Å². The van der Waals surface area contributed by atoms with Gasteiger partial charge in [0, 0.05) is 19.2 Å². The van der Waals surface area contributed by atoms with E-state index in [0.717, 1.165) is 5.56 Å². The Hall–Kier alpha value is -1.88. The molecule has 0 aromatic heterocycles. The zero-order valence-electron chi connectivity index (χ0n) is 11.9. The van der Waals surface area contributed by atoms with Crippen molar-refractivity contribution in [2.75, 3.05) is 12.0 Å². The molecule has 1 amide bonds. The summed E-state index contributed by atoms with van der Waals surface area (Å²) < 4.78 is 5.26. The number of carboxylic acid groups (broad SMARTS) is 1. The van der Waals surface area contributed by atoms with E-state index >= 15 is 0 Å². The van der Waals surface area contributed by atoms with Crippen molar-refractivity contribution in [2.45, 2.75) is 38.3 Å². The van der Waals surface area contributed by atoms with Crippen LogP contribution in [0.5, 0.6) is 0 Å². The SMILES string of the molecule is COC(C)(C)CC(=O)N1c2ccccc2CC1C(=O)O. The molecule has 1 atom stereocenters. The number of fused-ring (bicyclic) bond motifs is 1. The summed E-state index contributed by atoms with van der Waals surface area (Å²) in [5.41, 5.74) is 0.970. The number of rotatable bonds is 4. The highest BCUT2D eigenvalue weighted by molar-refractivity contribution is 6.02. The van der Waals surface area contributed by atoms with Crippen molar-refractivity contribution in [1.29, 1.82) is 0 Å². The lowest BCUT2D eigenvalue weighted by molar-refractivity contribution is -0.140. The molecule has 5 heteroatoms. The maximum absolute atomic E-state index is 12.5. The molecule has 1 aliphatic heterocycles. The van der Waals surface area contributed by atoms with Gasteiger partial charge < -0.3 is 9.84 Å². The lowest BCUT2D eigenvalue weighted by Crippen LogP contribution is -2.45. The van der Waals surface area contributed by atoms with Gasteiger partial charge in [0.15, 0.2) is 0 Å². The molecule has 0 saturated heterocycles. The summed E-state index contributed by atoms with van der Waals surface area (Å²) in [6, 6.07) is 6.48. The Morgan fingerprint density at radius 3 is 2.65 bits per heavy atom. The van der Waals surface area contributed by atoms with Crippen LogP contribution in [0.1, 0.15) is 25.8 Å². The molecule has 1 heterocycles. The Labute approximate surface area is 118 Å². The van der Waals surface area contributed by atoms with Crippen molar-refractivity contribution in [3.05, 3.63) is 29.8 Å². The molecule has 0 radical (unpaired) electrons. The summed E-state index contributed by atoms with van der Waals surface area (Å²) >= 11 is 0. The molecule has 2 rings (SSSR count). The summed E-state index contributed by atoms with van der Waals surface area (Å²) in [6.07, 6.45) is 0.492. The zero-order valence-corrected chi connectivity index (χ0v) is 11.9. The van der Waals surface area contributed by atoms with Gasteiger partial charge >= 0.3 is 5.97 Å². The van der Waals surface area contributed by atoms with Gasteiger partial charge in [0.05, 0.1) is 12.0 Å². The van der Waals surface area contributed by atoms with Crippen LogP contribution in [0.2, 0.25) is 0 Å². The summed E-state index contributed by atoms with van der Waals surface area (Å²) in [7, 11) is 1.54. The quantitative estimate of drug-likeness (QED) is 0.912. The van der Waals surface area contributed by atoms with Crippen LogP contribution in [0.4, 0.5) is 5.69 Å². The lowest BCUT2D eigenvalue weighted by atomic mass is 10.0. The lowest BCUT2D eigenvalue weighted by Gasteiger charge is -2.28. The smallest absolute Gasteiger partial charge is 0.327 e. The van der Waals surface area contributed by atoms with Crippen molar-refractivity contribution in [3.63, 3.8) is 0 Å². The number of amides is 1. The van der Waals surface area contributed by atoms with E-state index in [1.807, 2.05) is 32.0 Å². The van der Waals surface area contributed by atoms with Crippen LogP contribution < -0.4 is 4.90 Å². The van der Waals surface area contributed by atoms with E-state index in [1.165, 1.54) is 4.90 Å². The number of anilines is 1. The number of carbonyl (C=O) groups is 2. The Bertz CT molecular complexity index is 538. The van der Waals surface area contributed by atoms with E-state index in [2.05, 4.69) is 0 Å². The Balaban J connectivity index is 2.31. The summed E-state index contributed by atoms with van der Waals surface area (Å²) in [4.78, 5) is 25.3. The molecule has 1 aliphatic rings. The summed E-state index contributed by atoms with van der Waals surface area (Å²) in [5.74, 6) is -1.21. The first-order chi connectivity index (χ1) is 9.35. The fourth-order valence-corrected chi connectivity index (χ4v) is 2.41. The maximum atomic E-state index is 12.5. The third-order valence-electron chi connectivity index (χ3n) is 3.66. The van der Waals surface area contributed by atoms with Crippen LogP contribution >= 0.6 is 0 Å². The van der Waals surface area contributed by atoms with Crippen LogP contribution in [-0.2, 0) is 20.7 Å². The number of aliphatic carboxylic acids is 1. The maximum Gasteiger partial charge on any atom is 0.327 e. The molecule has 108 valence electrons. The van der Waals surface area contributed by atoms with E-state index in [1.54, 1.807) is 13.2 Å². The van der Waals surface area contributed by atoms with Crippen molar-refractivity contribution in [1.82, 2.24) is 0 Å². The van der Waals surface area contributed by atoms with Crippen LogP contribution in [0, 0.1) is 0 Å². The first-order valence-electron chi connectivity index (χ1n) is 6.53. The normalized spacial score (nSPS) is 17.9. The van der Waals surface area contributed by atoms with Crippen LogP contribution in [0.3, 0.4) is 0 Å².